The van der Waals surface area contributed by atoms with Crippen LogP contribution in [0.1, 0.15) is 90.4 Å². The van der Waals surface area contributed by atoms with Gasteiger partial charge in [-0.25, -0.2) is 0 Å². The van der Waals surface area contributed by atoms with Gasteiger partial charge >= 0.3 is 5.97 Å². The minimum absolute atomic E-state index is 0.00201. The number of carbonyl (C=O) groups excluding carboxylic acids is 1. The number of hydrogen-bond donors (Lipinski definition) is 4. The second kappa shape index (κ2) is 8.90. The van der Waals surface area contributed by atoms with Crippen molar-refractivity contribution in [1.82, 2.24) is 5.32 Å². The Bertz CT molecular complexity index is 886. The molecule has 6 heteroatoms. The molecular weight excluding hydrogens is 406 g/mol. The summed E-state index contributed by atoms with van der Waals surface area (Å²) in [6.45, 7) is 6.09. The molecule has 1 amide bonds. The number of amides is 1. The highest BCUT2D eigenvalue weighted by molar-refractivity contribution is 5.81. The predicted molar refractivity (Wildman–Crippen MR) is 122 cm³/mol. The lowest BCUT2D eigenvalue weighted by molar-refractivity contribution is -0.174. The average Bonchev–Trinajstić information content (AvgIpc) is 3.13. The van der Waals surface area contributed by atoms with Crippen LogP contribution >= 0.6 is 0 Å². The second-order valence-electron chi connectivity index (χ2n) is 11.5. The summed E-state index contributed by atoms with van der Waals surface area (Å²) in [4.78, 5) is 22.8. The molecule has 0 bridgehead atoms. The van der Waals surface area contributed by atoms with Crippen molar-refractivity contribution in [2.75, 3.05) is 6.54 Å². The van der Waals surface area contributed by atoms with Crippen LogP contribution in [0.5, 0.6) is 0 Å². The van der Waals surface area contributed by atoms with Crippen LogP contribution in [-0.4, -0.2) is 45.9 Å². The van der Waals surface area contributed by atoms with E-state index in [1.807, 2.05) is 6.92 Å². The lowest BCUT2D eigenvalue weighted by atomic mass is 9.43. The Morgan fingerprint density at radius 2 is 1.84 bits per heavy atom. The molecule has 182 valence electrons. The van der Waals surface area contributed by atoms with Gasteiger partial charge in [0.05, 0.1) is 12.2 Å². The third-order valence-corrected chi connectivity index (χ3v) is 9.96. The third kappa shape index (κ3) is 4.11. The fraction of sp³-hybridized carbons (Fsp3) is 0.923. The molecule has 4 aliphatic rings. The van der Waals surface area contributed by atoms with Crippen molar-refractivity contribution >= 4 is 11.9 Å². The monoisotopic (exact) mass is 453 g/mol. The summed E-state index contributed by atoms with van der Waals surface area (Å²) >= 11 is 0. The Morgan fingerprint density at radius 1 is 1.12 bits per heavy atom. The van der Waals surface area contributed by atoms with Gasteiger partial charge in [-0.1, -0.05) is 20.8 Å². The number of aliphatic hydroxyl groups excluding tert-OH is 2. The molecule has 0 radical (unpaired) electrons. The first kappa shape index (κ1) is 19.2. The van der Waals surface area contributed by atoms with Gasteiger partial charge in [-0.15, -0.1) is 0 Å². The van der Waals surface area contributed by atoms with E-state index in [0.29, 0.717) is 12.3 Å². The number of carbonyl (C=O) groups is 2. The average molecular weight is 454 g/mol. The number of carboxylic acid groups (broad SMARTS) is 1. The van der Waals surface area contributed by atoms with Crippen LogP contribution < -0.4 is 5.32 Å². The molecule has 4 N–H and O–H groups in total. The number of carboxylic acids is 1. The minimum atomic E-state index is -2.10. The molecule has 0 aliphatic heterocycles. The van der Waals surface area contributed by atoms with Crippen LogP contribution in [0.2, 0.25) is 0 Å². The number of aliphatic hydroxyl groups is 2. The van der Waals surface area contributed by atoms with Crippen LogP contribution in [-0.2, 0) is 9.59 Å². The van der Waals surface area contributed by atoms with Gasteiger partial charge in [0.15, 0.2) is 0 Å². The van der Waals surface area contributed by atoms with Crippen LogP contribution in [0.15, 0.2) is 0 Å². The summed E-state index contributed by atoms with van der Waals surface area (Å²) in [6.07, 6.45) is -1.53. The number of rotatable bonds is 6. The Hall–Kier alpha value is -1.14. The first-order chi connectivity index (χ1) is 16.6. The minimum Gasteiger partial charge on any atom is -0.480 e. The molecule has 10 atom stereocenters. The van der Waals surface area contributed by atoms with Gasteiger partial charge in [0.1, 0.15) is 6.54 Å². The zero-order valence-corrected chi connectivity index (χ0v) is 19.6. The first-order valence-electron chi connectivity index (χ1n) is 14.4. The second-order valence-corrected chi connectivity index (χ2v) is 11.5. The lowest BCUT2D eigenvalue weighted by Crippen LogP contribution is -2.58. The standard InChI is InChI=1S/C26H43NO5/c1-15(4-7-22(30)27-14-23(31)32)18-5-6-19-24-20(9-11-26(18,19)3)25(2)10-8-17(28)12-16(25)13-21(24)29/h15-21,24,28-29H,4-14H2,1-3H3,(H,27,30)(H,31,32)/t15-,16+,17-,18-,19+,20+,21+,24+,25+,26-/m1/s1/i8D2,12D2. The Balaban J connectivity index is 1.52. The van der Waals surface area contributed by atoms with Crippen molar-refractivity contribution in [3.63, 3.8) is 0 Å². The fourth-order valence-electron chi connectivity index (χ4n) is 8.30. The Labute approximate surface area is 198 Å². The van der Waals surface area contributed by atoms with E-state index in [1.54, 1.807) is 0 Å². The molecule has 0 unspecified atom stereocenters. The summed E-state index contributed by atoms with van der Waals surface area (Å²) in [7, 11) is 0. The molecular formula is C26H43NO5. The van der Waals surface area contributed by atoms with Crippen LogP contribution in [0, 0.1) is 46.3 Å². The van der Waals surface area contributed by atoms with Crippen LogP contribution in [0.25, 0.3) is 0 Å². The van der Waals surface area contributed by atoms with Crippen LogP contribution in [0.4, 0.5) is 0 Å². The molecule has 4 rings (SSSR count). The van der Waals surface area contributed by atoms with E-state index < -0.39 is 42.3 Å². The zero-order chi connectivity index (χ0) is 26.8. The zero-order valence-electron chi connectivity index (χ0n) is 23.6. The number of fused-ring (bicyclic) bond motifs is 5. The summed E-state index contributed by atoms with van der Waals surface area (Å²) in [6, 6.07) is 0. The van der Waals surface area contributed by atoms with Gasteiger partial charge < -0.3 is 20.6 Å². The van der Waals surface area contributed by atoms with Crippen molar-refractivity contribution in [1.29, 1.82) is 0 Å². The number of nitrogens with one attached hydrogen (secondary N) is 1. The molecule has 0 spiro atoms. The normalized spacial score (nSPS) is 51.5. The summed E-state index contributed by atoms with van der Waals surface area (Å²) in [5.41, 5.74) is -0.655. The highest BCUT2D eigenvalue weighted by Crippen LogP contribution is 2.68. The van der Waals surface area contributed by atoms with Gasteiger partial charge in [-0.2, -0.15) is 0 Å². The molecule has 0 aromatic rings. The Morgan fingerprint density at radius 3 is 2.56 bits per heavy atom. The number of aliphatic carboxylic acids is 1. The van der Waals surface area contributed by atoms with E-state index in [9.17, 15) is 19.8 Å². The van der Waals surface area contributed by atoms with E-state index in [0.717, 1.165) is 25.7 Å². The molecule has 0 heterocycles. The quantitative estimate of drug-likeness (QED) is 0.492. The van der Waals surface area contributed by atoms with Crippen molar-refractivity contribution in [3.8, 4) is 0 Å². The van der Waals surface area contributed by atoms with Crippen LogP contribution in [0.3, 0.4) is 0 Å². The van der Waals surface area contributed by atoms with E-state index in [4.69, 9.17) is 10.6 Å². The first-order valence-corrected chi connectivity index (χ1v) is 12.4. The molecule has 4 aliphatic carbocycles. The fourth-order valence-corrected chi connectivity index (χ4v) is 8.30. The molecule has 0 aromatic carbocycles. The SMILES string of the molecule is [2H]C1([2H])C[C@@]2(C)[C@H](C[C@H](O)[C@@H]3[C@@H]2CC[C@]2(C)[C@@H]([C@H](C)CCC(=O)NCC(=O)O)CC[C@@H]32)C([2H])([2H])[C@@H]1O. The molecule has 0 saturated heterocycles. The van der Waals surface area contributed by atoms with Gasteiger partial charge in [-0.3, -0.25) is 9.59 Å². The molecule has 0 aromatic heterocycles. The summed E-state index contributed by atoms with van der Waals surface area (Å²) in [5, 5.41) is 33.2. The van der Waals surface area contributed by atoms with E-state index in [2.05, 4.69) is 19.2 Å². The Kier molecular flexibility index (Phi) is 5.34. The maximum Gasteiger partial charge on any atom is 0.322 e. The van der Waals surface area contributed by atoms with Crippen molar-refractivity contribution in [3.05, 3.63) is 0 Å². The van der Waals surface area contributed by atoms with E-state index >= 15 is 0 Å². The number of hydrogen-bond acceptors (Lipinski definition) is 4. The largest absolute Gasteiger partial charge is 0.480 e. The maximum atomic E-state index is 12.1. The summed E-state index contributed by atoms with van der Waals surface area (Å²) in [5.74, 6) is -1.04. The molecule has 32 heavy (non-hydrogen) atoms. The smallest absolute Gasteiger partial charge is 0.322 e. The molecule has 4 saturated carbocycles. The van der Waals surface area contributed by atoms with Gasteiger partial charge in [0.25, 0.3) is 0 Å². The van der Waals surface area contributed by atoms with E-state index in [1.165, 1.54) is 0 Å². The molecule has 4 fully saturated rings. The highest BCUT2D eigenvalue weighted by Gasteiger charge is 2.62. The van der Waals surface area contributed by atoms with Crippen molar-refractivity contribution in [2.45, 2.75) is 97.1 Å². The third-order valence-electron chi connectivity index (χ3n) is 9.96. The molecule has 6 nitrogen and oxygen atoms in total. The summed E-state index contributed by atoms with van der Waals surface area (Å²) < 4.78 is 34.2. The predicted octanol–water partition coefficient (Wildman–Crippen LogP) is 3.59. The van der Waals surface area contributed by atoms with Gasteiger partial charge in [0, 0.05) is 11.9 Å². The highest BCUT2D eigenvalue weighted by atomic mass is 16.4. The van der Waals surface area contributed by atoms with E-state index in [-0.39, 0.29) is 60.8 Å². The topological polar surface area (TPSA) is 107 Å². The van der Waals surface area contributed by atoms with Gasteiger partial charge in [0.2, 0.25) is 5.91 Å². The van der Waals surface area contributed by atoms with Crippen molar-refractivity contribution in [2.24, 2.45) is 46.3 Å². The van der Waals surface area contributed by atoms with Crippen molar-refractivity contribution < 1.29 is 30.4 Å². The van der Waals surface area contributed by atoms with Gasteiger partial charge in [-0.05, 0) is 104 Å². The lowest BCUT2D eigenvalue weighted by Gasteiger charge is -2.62. The maximum absolute atomic E-state index is 12.1.